The van der Waals surface area contributed by atoms with Gasteiger partial charge in [0.05, 0.1) is 14.2 Å². The van der Waals surface area contributed by atoms with Crippen LogP contribution in [0.1, 0.15) is 25.8 Å². The van der Waals surface area contributed by atoms with E-state index in [1.807, 2.05) is 0 Å². The van der Waals surface area contributed by atoms with Gasteiger partial charge >= 0.3 is 5.97 Å². The van der Waals surface area contributed by atoms with Crippen LogP contribution in [0.3, 0.4) is 0 Å². The van der Waals surface area contributed by atoms with Gasteiger partial charge in [-0.25, -0.2) is 4.79 Å². The predicted molar refractivity (Wildman–Crippen MR) is 99.1 cm³/mol. The lowest BCUT2D eigenvalue weighted by Gasteiger charge is -2.34. The van der Waals surface area contributed by atoms with Gasteiger partial charge in [0.1, 0.15) is 11.5 Å². The smallest absolute Gasteiger partial charge is 0.331 e. The molecular formula is C20H27NO5. The van der Waals surface area contributed by atoms with E-state index in [4.69, 9.17) is 14.2 Å². The number of piperidine rings is 1. The summed E-state index contributed by atoms with van der Waals surface area (Å²) >= 11 is 0. The number of rotatable bonds is 6. The molecule has 1 heterocycles. The maximum absolute atomic E-state index is 12.2. The molecule has 1 saturated heterocycles. The molecule has 0 aliphatic carbocycles. The first kappa shape index (κ1) is 19.8. The molecule has 0 saturated carbocycles. The summed E-state index contributed by atoms with van der Waals surface area (Å²) in [5, 5.41) is 0. The molecule has 6 heteroatoms. The van der Waals surface area contributed by atoms with Crippen LogP contribution in [0.15, 0.2) is 24.3 Å². The molecule has 0 spiro atoms. The van der Waals surface area contributed by atoms with Crippen LogP contribution in [0.4, 0.5) is 0 Å². The molecule has 0 radical (unpaired) electrons. The molecule has 0 N–H and O–H groups in total. The molecule has 1 aliphatic heterocycles. The molecule has 6 nitrogen and oxygen atoms in total. The maximum atomic E-state index is 12.2. The van der Waals surface area contributed by atoms with Crippen LogP contribution in [-0.4, -0.2) is 50.7 Å². The van der Waals surface area contributed by atoms with E-state index in [-0.39, 0.29) is 12.5 Å². The van der Waals surface area contributed by atoms with Crippen LogP contribution in [0, 0.1) is 11.8 Å². The second-order valence-corrected chi connectivity index (χ2v) is 6.83. The van der Waals surface area contributed by atoms with Gasteiger partial charge in [0.2, 0.25) is 0 Å². The second-order valence-electron chi connectivity index (χ2n) is 6.83. The van der Waals surface area contributed by atoms with Crippen LogP contribution >= 0.6 is 0 Å². The number of hydrogen-bond donors (Lipinski definition) is 0. The van der Waals surface area contributed by atoms with Gasteiger partial charge in [0, 0.05) is 25.2 Å². The fourth-order valence-corrected chi connectivity index (χ4v) is 3.23. The third kappa shape index (κ3) is 5.79. The Kier molecular flexibility index (Phi) is 7.06. The number of likely N-dealkylation sites (tertiary alicyclic amines) is 1. The average molecular weight is 361 g/mol. The Morgan fingerprint density at radius 3 is 2.19 bits per heavy atom. The first-order chi connectivity index (χ1) is 12.4. The van der Waals surface area contributed by atoms with Crippen molar-refractivity contribution >= 4 is 18.0 Å². The lowest BCUT2D eigenvalue weighted by molar-refractivity contribution is -0.149. The first-order valence-corrected chi connectivity index (χ1v) is 8.77. The highest BCUT2D eigenvalue weighted by Gasteiger charge is 2.25. The molecule has 2 atom stereocenters. The topological polar surface area (TPSA) is 65.1 Å². The number of ether oxygens (including phenoxy) is 3. The fourth-order valence-electron chi connectivity index (χ4n) is 3.23. The lowest BCUT2D eigenvalue weighted by Crippen LogP contribution is -2.44. The van der Waals surface area contributed by atoms with Crippen molar-refractivity contribution in [3.63, 3.8) is 0 Å². The molecule has 0 unspecified atom stereocenters. The average Bonchev–Trinajstić information content (AvgIpc) is 2.63. The minimum atomic E-state index is -0.557. The van der Waals surface area contributed by atoms with E-state index >= 15 is 0 Å². The monoisotopic (exact) mass is 361 g/mol. The van der Waals surface area contributed by atoms with Gasteiger partial charge in [-0.15, -0.1) is 0 Å². The van der Waals surface area contributed by atoms with Gasteiger partial charge in [0.25, 0.3) is 5.91 Å². The summed E-state index contributed by atoms with van der Waals surface area (Å²) < 4.78 is 15.5. The molecule has 0 aromatic heterocycles. The van der Waals surface area contributed by atoms with E-state index in [0.717, 1.165) is 25.1 Å². The Morgan fingerprint density at radius 1 is 1.08 bits per heavy atom. The Labute approximate surface area is 154 Å². The van der Waals surface area contributed by atoms with Crippen LogP contribution in [0.5, 0.6) is 11.5 Å². The maximum Gasteiger partial charge on any atom is 0.331 e. The summed E-state index contributed by atoms with van der Waals surface area (Å²) in [4.78, 5) is 25.9. The van der Waals surface area contributed by atoms with E-state index in [0.29, 0.717) is 23.3 Å². The van der Waals surface area contributed by atoms with Gasteiger partial charge < -0.3 is 19.1 Å². The van der Waals surface area contributed by atoms with Gasteiger partial charge in [-0.2, -0.15) is 0 Å². The van der Waals surface area contributed by atoms with Crippen molar-refractivity contribution in [3.8, 4) is 11.5 Å². The number of esters is 1. The highest BCUT2D eigenvalue weighted by molar-refractivity contribution is 5.89. The van der Waals surface area contributed by atoms with Gasteiger partial charge in [0.15, 0.2) is 6.61 Å². The minimum absolute atomic E-state index is 0.145. The minimum Gasteiger partial charge on any atom is -0.497 e. The number of hydrogen-bond acceptors (Lipinski definition) is 5. The number of amides is 1. The predicted octanol–water partition coefficient (Wildman–Crippen LogP) is 2.76. The normalized spacial score (nSPS) is 20.1. The standard InChI is InChI=1S/C20H27NO5/c1-14-7-15(2)12-21(11-14)19(22)13-26-20(23)6-5-16-8-17(24-3)10-18(9-16)25-4/h5-6,8-10,14-15H,7,11-13H2,1-4H3/b6-5+/t14-,15+. The summed E-state index contributed by atoms with van der Waals surface area (Å²) in [6.07, 6.45) is 4.02. The van der Waals surface area contributed by atoms with E-state index in [1.54, 1.807) is 43.4 Å². The number of nitrogens with zero attached hydrogens (tertiary/aromatic N) is 1. The van der Waals surface area contributed by atoms with Crippen molar-refractivity contribution in [1.29, 1.82) is 0 Å². The summed E-state index contributed by atoms with van der Waals surface area (Å²) in [6.45, 7) is 5.48. The third-order valence-electron chi connectivity index (χ3n) is 4.35. The molecule has 1 aromatic rings. The zero-order valence-corrected chi connectivity index (χ0v) is 15.9. The number of methoxy groups -OCH3 is 2. The zero-order chi connectivity index (χ0) is 19.1. The van der Waals surface area contributed by atoms with Crippen molar-refractivity contribution in [2.24, 2.45) is 11.8 Å². The van der Waals surface area contributed by atoms with E-state index < -0.39 is 5.97 Å². The Balaban J connectivity index is 1.88. The van der Waals surface area contributed by atoms with E-state index in [1.165, 1.54) is 6.08 Å². The van der Waals surface area contributed by atoms with Crippen molar-refractivity contribution in [2.75, 3.05) is 33.9 Å². The Hall–Kier alpha value is -2.50. The highest BCUT2D eigenvalue weighted by atomic mass is 16.5. The highest BCUT2D eigenvalue weighted by Crippen LogP contribution is 2.23. The molecule has 1 aromatic carbocycles. The molecule has 1 aliphatic rings. The summed E-state index contributed by atoms with van der Waals surface area (Å²) in [5.74, 6) is 1.50. The Morgan fingerprint density at radius 2 is 1.65 bits per heavy atom. The number of carbonyl (C=O) groups excluding carboxylic acids is 2. The zero-order valence-electron chi connectivity index (χ0n) is 15.9. The SMILES string of the molecule is COc1cc(/C=C/C(=O)OCC(=O)N2C[C@H](C)C[C@H](C)C2)cc(OC)c1. The molecule has 142 valence electrons. The summed E-state index contributed by atoms with van der Waals surface area (Å²) in [7, 11) is 3.12. The van der Waals surface area contributed by atoms with Gasteiger partial charge in [-0.1, -0.05) is 13.8 Å². The second kappa shape index (κ2) is 9.27. The summed E-state index contributed by atoms with van der Waals surface area (Å²) in [5.41, 5.74) is 0.739. The quantitative estimate of drug-likeness (QED) is 0.576. The van der Waals surface area contributed by atoms with Crippen molar-refractivity contribution in [2.45, 2.75) is 20.3 Å². The van der Waals surface area contributed by atoms with Gasteiger partial charge in [-0.05, 0) is 42.0 Å². The van der Waals surface area contributed by atoms with Crippen LogP contribution in [0.25, 0.3) is 6.08 Å². The molecule has 2 rings (SSSR count). The third-order valence-corrected chi connectivity index (χ3v) is 4.35. The molecular weight excluding hydrogens is 334 g/mol. The van der Waals surface area contributed by atoms with Crippen molar-refractivity contribution < 1.29 is 23.8 Å². The van der Waals surface area contributed by atoms with Crippen molar-refractivity contribution in [1.82, 2.24) is 4.90 Å². The first-order valence-electron chi connectivity index (χ1n) is 8.77. The van der Waals surface area contributed by atoms with Crippen LogP contribution < -0.4 is 9.47 Å². The van der Waals surface area contributed by atoms with Gasteiger partial charge in [-0.3, -0.25) is 4.79 Å². The molecule has 1 amide bonds. The molecule has 1 fully saturated rings. The molecule has 26 heavy (non-hydrogen) atoms. The largest absolute Gasteiger partial charge is 0.497 e. The number of benzene rings is 1. The van der Waals surface area contributed by atoms with Crippen molar-refractivity contribution in [3.05, 3.63) is 29.8 Å². The van der Waals surface area contributed by atoms with E-state index in [2.05, 4.69) is 13.8 Å². The number of carbonyl (C=O) groups is 2. The lowest BCUT2D eigenvalue weighted by atomic mass is 9.92. The summed E-state index contributed by atoms with van der Waals surface area (Å²) in [6, 6.07) is 5.29. The van der Waals surface area contributed by atoms with Crippen LogP contribution in [0.2, 0.25) is 0 Å². The molecule has 0 bridgehead atoms. The Bertz CT molecular complexity index is 638. The fraction of sp³-hybridized carbons (Fsp3) is 0.500. The van der Waals surface area contributed by atoms with Crippen LogP contribution in [-0.2, 0) is 14.3 Å². The van der Waals surface area contributed by atoms with E-state index in [9.17, 15) is 9.59 Å².